The van der Waals surface area contributed by atoms with Crippen LogP contribution in [-0.2, 0) is 105 Å². The zero-order valence-corrected chi connectivity index (χ0v) is 77.1. The number of carbonyl (C=O) groups excluding carboxylic acids is 15. The van der Waals surface area contributed by atoms with Crippen molar-refractivity contribution < 1.29 is 71.9 Å². The van der Waals surface area contributed by atoms with Crippen LogP contribution in [0.15, 0.2) is 62.9 Å². The van der Waals surface area contributed by atoms with E-state index in [0.717, 1.165) is 195 Å². The lowest BCUT2D eigenvalue weighted by molar-refractivity contribution is -0.112. The summed E-state index contributed by atoms with van der Waals surface area (Å²) in [4.78, 5) is 188. The first kappa shape index (κ1) is 120. The SMILES string of the molecule is C1CCC(CC2CCCCC2)CC1.CC1(C)CC(NC=O)CC(C)(CNC=O)C1.CNC=O.CNC=O.CNC=O.Cc1ccccc1NC=O.O=CNCC1CCCC(CNC=O)C1.O=CNCCCCCCNC=O.O=CNCCCCCCn1c(=O)n(CCCCCCNC=O)c(=O)n(CCCCCCNC=O)c1=O.O=CNCc1cccc(CNC=O)c1. The Kier molecular flexibility index (Phi) is 82.2. The molecule has 0 spiro atoms. The number of nitrogens with zero attached hydrogens (tertiary/aromatic N) is 3. The molecule has 4 aliphatic carbocycles. The Morgan fingerprint density at radius 1 is 0.354 bits per heavy atom. The van der Waals surface area contributed by atoms with Gasteiger partial charge in [0.05, 0.1) is 0 Å². The van der Waals surface area contributed by atoms with Crippen LogP contribution in [0.3, 0.4) is 0 Å². The van der Waals surface area contributed by atoms with Gasteiger partial charge in [-0.25, -0.2) is 28.1 Å². The third-order valence-corrected chi connectivity index (χ3v) is 21.4. The maximum absolute atomic E-state index is 13.0. The predicted molar refractivity (Wildman–Crippen MR) is 496 cm³/mol. The molecule has 4 saturated carbocycles. The molecule has 720 valence electrons. The fraction of sp³-hybridized carbons (Fsp3) is 0.670. The van der Waals surface area contributed by atoms with Gasteiger partial charge in [-0.1, -0.05) is 185 Å². The molecule has 2 aromatic carbocycles. The molecule has 4 fully saturated rings. The van der Waals surface area contributed by atoms with Crippen molar-refractivity contribution >= 4 is 102 Å². The van der Waals surface area contributed by atoms with Gasteiger partial charge in [0.2, 0.25) is 96.2 Å². The standard InChI is InChI=1S/C24H42N6O6.C13H24.C12H22N2O2.C10H18N2O2.C10H12N2O2.C8H16N2O2.C8H9NO.3C2H5NO/c31-19-25-13-7-1-4-10-16-28-22(34)29(17-11-5-2-8-14-26-20-32)24(36)30(23(28)35)18-12-6-3-9-15-27-21-33;1-3-7-12(8-4-1)11-13-9-5-2-6-10-13;1-11(2)4-10(14-9-16)5-12(3,6-11)7-13-8-15;2*13-7-11-5-9-2-1-3-10(4-9)6-12-8-14;11-7-9-5-3-1-2-4-6-10-8-12;1-7-4-2-3-5-8(7)9-6-10;3*1-3-2-4/h19-21H,1-18H2,(H,25,31)(H,26,32)(H,27,33);12-13H,1-11H2;8-10H,4-7H2,1-3H3,(H,13,15)(H,14,16);7-10H,1-6H2,(H,11,13)(H,12,14);1-4,7-8H,5-6H2,(H,11,13)(H,12,14);7-8H,1-6H2,(H,9,11)(H,10,12);2-6H,1H3,(H,9,10);3*2H,1H3,(H,3,4). The summed E-state index contributed by atoms with van der Waals surface area (Å²) in [5.41, 5.74) is 2.57. The average molecular weight is 1790 g/mol. The number of hydrogen-bond donors (Lipinski definition) is 15. The summed E-state index contributed by atoms with van der Waals surface area (Å²) in [5.74, 6) is 3.42. The van der Waals surface area contributed by atoms with E-state index in [1.807, 2.05) is 55.5 Å². The Bertz CT molecular complexity index is 3260. The van der Waals surface area contributed by atoms with E-state index in [2.05, 4.69) is 101 Å². The van der Waals surface area contributed by atoms with Crippen molar-refractivity contribution in [3.8, 4) is 0 Å². The molecule has 36 heteroatoms. The summed E-state index contributed by atoms with van der Waals surface area (Å²) in [7, 11) is 4.69. The number of carbonyl (C=O) groups is 15. The van der Waals surface area contributed by atoms with Gasteiger partial charge in [-0.05, 0) is 160 Å². The Hall–Kier alpha value is -11.1. The highest BCUT2D eigenvalue weighted by atomic mass is 16.2. The number of aromatic nitrogens is 3. The molecule has 0 aliphatic heterocycles. The van der Waals surface area contributed by atoms with Crippen LogP contribution < -0.4 is 96.8 Å². The van der Waals surface area contributed by atoms with Crippen LogP contribution in [0, 0.1) is 41.4 Å². The zero-order chi connectivity index (χ0) is 94.8. The molecule has 4 unspecified atom stereocenters. The average Bonchev–Trinajstić information content (AvgIpc) is 0.789. The van der Waals surface area contributed by atoms with Crippen LogP contribution in [0.25, 0.3) is 0 Å². The Morgan fingerprint density at radius 2 is 0.693 bits per heavy atom. The maximum atomic E-state index is 13.0. The second-order valence-electron chi connectivity index (χ2n) is 32.7. The molecule has 1 heterocycles. The smallest absolute Gasteiger partial charge is 0.336 e. The number of aryl methyl sites for hydroxylation is 1. The minimum Gasteiger partial charge on any atom is -0.362 e. The monoisotopic (exact) mass is 1790 g/mol. The number of anilines is 1. The van der Waals surface area contributed by atoms with Gasteiger partial charge in [-0.2, -0.15) is 0 Å². The first-order valence-electron chi connectivity index (χ1n) is 45.2. The van der Waals surface area contributed by atoms with Crippen molar-refractivity contribution in [2.24, 2.45) is 34.5 Å². The molecular weight excluding hydrogens is 1630 g/mol. The van der Waals surface area contributed by atoms with Gasteiger partial charge in [-0.15, -0.1) is 0 Å². The van der Waals surface area contributed by atoms with Gasteiger partial charge in [0, 0.05) is 118 Å². The van der Waals surface area contributed by atoms with Gasteiger partial charge in [0.1, 0.15) is 0 Å². The second-order valence-corrected chi connectivity index (χ2v) is 32.7. The topological polar surface area (TPSA) is 502 Å². The van der Waals surface area contributed by atoms with Gasteiger partial charge in [0.25, 0.3) is 0 Å². The number of amides is 15. The van der Waals surface area contributed by atoms with Crippen LogP contribution in [0.4, 0.5) is 5.69 Å². The highest BCUT2D eigenvalue weighted by Crippen LogP contribution is 2.45. The lowest BCUT2D eigenvalue weighted by Crippen LogP contribution is -2.54. The molecule has 0 bridgehead atoms. The van der Waals surface area contributed by atoms with Crippen molar-refractivity contribution in [1.29, 1.82) is 0 Å². The maximum Gasteiger partial charge on any atom is 0.336 e. The number of rotatable bonds is 57. The molecule has 4 atom stereocenters. The van der Waals surface area contributed by atoms with Crippen LogP contribution in [0.2, 0.25) is 0 Å². The molecule has 4 aliphatic rings. The summed E-state index contributed by atoms with van der Waals surface area (Å²) in [5, 5.41) is 38.6. The first-order valence-corrected chi connectivity index (χ1v) is 45.2. The van der Waals surface area contributed by atoms with E-state index < -0.39 is 17.1 Å². The van der Waals surface area contributed by atoms with E-state index in [0.29, 0.717) is 141 Å². The number of benzene rings is 2. The van der Waals surface area contributed by atoms with E-state index in [1.54, 1.807) is 53.2 Å². The minimum absolute atomic E-state index is 0.0728. The number of hydrogen-bond acceptors (Lipinski definition) is 18. The van der Waals surface area contributed by atoms with E-state index >= 15 is 0 Å². The lowest BCUT2D eigenvalue weighted by atomic mass is 9.62. The molecule has 7 rings (SSSR count). The number of nitrogens with one attached hydrogen (secondary N) is 15. The summed E-state index contributed by atoms with van der Waals surface area (Å²) in [6, 6.07) is 15.5. The molecular formula is C91H158N18O18. The fourth-order valence-electron chi connectivity index (χ4n) is 15.7. The van der Waals surface area contributed by atoms with Crippen molar-refractivity contribution in [3.05, 3.63) is 96.7 Å². The van der Waals surface area contributed by atoms with Crippen LogP contribution in [-0.4, -0.2) is 189 Å². The van der Waals surface area contributed by atoms with Gasteiger partial charge >= 0.3 is 17.1 Å². The molecule has 36 nitrogen and oxygen atoms in total. The third-order valence-electron chi connectivity index (χ3n) is 21.4. The fourth-order valence-corrected chi connectivity index (χ4v) is 15.7. The molecule has 3 aromatic rings. The van der Waals surface area contributed by atoms with Gasteiger partial charge in [-0.3, -0.25) is 71.9 Å². The highest BCUT2D eigenvalue weighted by Gasteiger charge is 2.41. The first-order chi connectivity index (χ1) is 61.7. The van der Waals surface area contributed by atoms with E-state index in [4.69, 9.17) is 14.4 Å². The largest absolute Gasteiger partial charge is 0.362 e. The number of para-hydroxylation sites is 1. The van der Waals surface area contributed by atoms with Crippen LogP contribution in [0.5, 0.6) is 0 Å². The van der Waals surface area contributed by atoms with Gasteiger partial charge < -0.3 is 79.8 Å². The second kappa shape index (κ2) is 87.0. The van der Waals surface area contributed by atoms with E-state index in [-0.39, 0.29) is 36.5 Å². The van der Waals surface area contributed by atoms with Crippen molar-refractivity contribution in [2.75, 3.05) is 78.8 Å². The summed E-state index contributed by atoms with van der Waals surface area (Å²) >= 11 is 0. The summed E-state index contributed by atoms with van der Waals surface area (Å²) < 4.78 is 3.52. The molecule has 15 N–H and O–H groups in total. The summed E-state index contributed by atoms with van der Waals surface area (Å²) in [6.45, 7) is 15.8. The molecule has 1 aromatic heterocycles. The number of unbranched alkanes of at least 4 members (excludes halogenated alkanes) is 12. The third kappa shape index (κ3) is 68.8. The lowest BCUT2D eigenvalue weighted by Gasteiger charge is -2.46. The van der Waals surface area contributed by atoms with Crippen molar-refractivity contribution in [2.45, 2.75) is 285 Å². The summed E-state index contributed by atoms with van der Waals surface area (Å²) in [6.07, 6.45) is 48.5. The van der Waals surface area contributed by atoms with Crippen molar-refractivity contribution in [3.63, 3.8) is 0 Å². The quantitative estimate of drug-likeness (QED) is 0.0233. The van der Waals surface area contributed by atoms with Crippen molar-refractivity contribution in [1.82, 2.24) is 88.1 Å². The zero-order valence-electron chi connectivity index (χ0n) is 77.1. The Balaban J connectivity index is -0.00000144. The Labute approximate surface area is 753 Å². The Morgan fingerprint density at radius 3 is 1.02 bits per heavy atom. The van der Waals surface area contributed by atoms with E-state index in [9.17, 15) is 71.9 Å². The van der Waals surface area contributed by atoms with Gasteiger partial charge in [0.15, 0.2) is 0 Å². The molecule has 127 heavy (non-hydrogen) atoms. The normalized spacial score (nSPS) is 16.0. The molecule has 0 radical (unpaired) electrons. The minimum atomic E-state index is -0.563. The molecule has 0 saturated heterocycles. The predicted octanol–water partition coefficient (Wildman–Crippen LogP) is 5.84. The van der Waals surface area contributed by atoms with Crippen LogP contribution >= 0.6 is 0 Å². The van der Waals surface area contributed by atoms with Crippen LogP contribution in [0.1, 0.15) is 256 Å². The molecule has 15 amide bonds. The van der Waals surface area contributed by atoms with E-state index in [1.165, 1.54) is 71.5 Å². The highest BCUT2D eigenvalue weighted by molar-refractivity contribution is 5.73.